The summed E-state index contributed by atoms with van der Waals surface area (Å²) < 4.78 is 35.7. The number of aromatic nitrogens is 4. The molecular formula is C22H18F2N6O. The van der Waals surface area contributed by atoms with Crippen LogP contribution < -0.4 is 15.8 Å². The van der Waals surface area contributed by atoms with Gasteiger partial charge in [-0.15, -0.1) is 0 Å². The predicted octanol–water partition coefficient (Wildman–Crippen LogP) is 3.50. The molecule has 1 atom stereocenters. The van der Waals surface area contributed by atoms with Crippen molar-refractivity contribution in [2.24, 2.45) is 0 Å². The Labute approximate surface area is 175 Å². The molecule has 0 spiro atoms. The number of ether oxygens (including phenoxy) is 1. The quantitative estimate of drug-likeness (QED) is 0.516. The molecule has 3 N–H and O–H groups in total. The van der Waals surface area contributed by atoms with Crippen LogP contribution in [0.4, 0.5) is 20.3 Å². The van der Waals surface area contributed by atoms with Gasteiger partial charge < -0.3 is 15.8 Å². The number of halogens is 2. The van der Waals surface area contributed by atoms with E-state index in [1.54, 1.807) is 12.1 Å². The third-order valence-electron chi connectivity index (χ3n) is 5.92. The molecule has 0 saturated heterocycles. The van der Waals surface area contributed by atoms with Gasteiger partial charge in [0.15, 0.2) is 17.2 Å². The second kappa shape index (κ2) is 6.63. The van der Waals surface area contributed by atoms with E-state index >= 15 is 0 Å². The van der Waals surface area contributed by atoms with E-state index in [9.17, 15) is 8.78 Å². The summed E-state index contributed by atoms with van der Waals surface area (Å²) in [7, 11) is 0. The van der Waals surface area contributed by atoms with Gasteiger partial charge in [-0.25, -0.2) is 23.4 Å². The lowest BCUT2D eigenvalue weighted by molar-refractivity contribution is 0.306. The van der Waals surface area contributed by atoms with Crippen molar-refractivity contribution in [2.45, 2.75) is 18.9 Å². The minimum absolute atomic E-state index is 0.0497. The van der Waals surface area contributed by atoms with E-state index in [2.05, 4.69) is 15.3 Å². The van der Waals surface area contributed by atoms with E-state index in [0.29, 0.717) is 54.0 Å². The maximum atomic E-state index is 14.7. The zero-order chi connectivity index (χ0) is 21.1. The number of fused-ring (bicyclic) bond motifs is 3. The van der Waals surface area contributed by atoms with Gasteiger partial charge in [-0.05, 0) is 48.2 Å². The Hall–Kier alpha value is -3.75. The largest absolute Gasteiger partial charge is 0.486 e. The van der Waals surface area contributed by atoms with Crippen LogP contribution in [0.2, 0.25) is 0 Å². The van der Waals surface area contributed by atoms with Gasteiger partial charge in [-0.3, -0.25) is 0 Å². The van der Waals surface area contributed by atoms with Gasteiger partial charge in [0.25, 0.3) is 0 Å². The molecule has 156 valence electrons. The number of nitrogens with zero attached hydrogens (tertiary/aromatic N) is 4. The van der Waals surface area contributed by atoms with E-state index in [1.807, 2.05) is 10.7 Å². The van der Waals surface area contributed by atoms with Crippen LogP contribution in [0.25, 0.3) is 22.3 Å². The number of hydrogen-bond donors (Lipinski definition) is 2. The van der Waals surface area contributed by atoms with Crippen molar-refractivity contribution in [1.29, 1.82) is 0 Å². The summed E-state index contributed by atoms with van der Waals surface area (Å²) in [5.74, 6) is -0.246. The lowest BCUT2D eigenvalue weighted by atomic mass is 10.1. The van der Waals surface area contributed by atoms with E-state index < -0.39 is 5.82 Å². The Morgan fingerprint density at radius 2 is 1.97 bits per heavy atom. The third-order valence-corrected chi connectivity index (χ3v) is 5.92. The minimum Gasteiger partial charge on any atom is -0.486 e. The maximum absolute atomic E-state index is 14.7. The number of hydrogen-bond acceptors (Lipinski definition) is 6. The topological polar surface area (TPSA) is 90.9 Å². The molecular weight excluding hydrogens is 402 g/mol. The molecule has 2 aromatic heterocycles. The monoisotopic (exact) mass is 420 g/mol. The van der Waals surface area contributed by atoms with Crippen LogP contribution in [0.5, 0.6) is 5.75 Å². The molecule has 1 unspecified atom stereocenters. The van der Waals surface area contributed by atoms with Crippen molar-refractivity contribution < 1.29 is 13.5 Å². The van der Waals surface area contributed by atoms with Crippen LogP contribution >= 0.6 is 0 Å². The molecule has 3 heterocycles. The Morgan fingerprint density at radius 3 is 2.87 bits per heavy atom. The maximum Gasteiger partial charge on any atom is 0.178 e. The fraction of sp³-hybridized carbons (Fsp3) is 0.227. The molecule has 0 bridgehead atoms. The number of nitrogen functional groups attached to an aromatic ring is 1. The summed E-state index contributed by atoms with van der Waals surface area (Å²) in [6.07, 6.45) is 2.72. The van der Waals surface area contributed by atoms with Gasteiger partial charge in [0, 0.05) is 12.1 Å². The summed E-state index contributed by atoms with van der Waals surface area (Å²) in [5, 5.41) is 8.53. The standard InChI is InChI=1S/C22H18F2N6O/c23-14-2-1-11-6-15(7-12(11)5-14)30-22-18(21(25)27-10-28-22)19(29-30)13-8-16(24)20-17(9-13)26-3-4-31-20/h1-2,5,8-10,15,26H,3-4,6-7H2,(H2,25,27,28). The van der Waals surface area contributed by atoms with Crippen LogP contribution in [0.1, 0.15) is 17.2 Å². The van der Waals surface area contributed by atoms with Crippen LogP contribution in [-0.2, 0) is 12.8 Å². The minimum atomic E-state index is -0.471. The smallest absolute Gasteiger partial charge is 0.178 e. The lowest BCUT2D eigenvalue weighted by Gasteiger charge is -2.20. The van der Waals surface area contributed by atoms with Crippen LogP contribution in [0, 0.1) is 11.6 Å². The second-order valence-corrected chi connectivity index (χ2v) is 7.84. The number of anilines is 2. The molecule has 7 nitrogen and oxygen atoms in total. The molecule has 0 amide bonds. The number of nitrogens with two attached hydrogens (primary N) is 1. The number of benzene rings is 2. The summed E-state index contributed by atoms with van der Waals surface area (Å²) in [5.41, 5.74) is 10.4. The van der Waals surface area contributed by atoms with Gasteiger partial charge in [0.05, 0.1) is 17.1 Å². The molecule has 2 aromatic carbocycles. The Morgan fingerprint density at radius 1 is 1.10 bits per heavy atom. The van der Waals surface area contributed by atoms with E-state index in [-0.39, 0.29) is 23.4 Å². The fourth-order valence-corrected chi connectivity index (χ4v) is 4.54. The second-order valence-electron chi connectivity index (χ2n) is 7.84. The van der Waals surface area contributed by atoms with Crippen molar-refractivity contribution in [3.05, 3.63) is 59.4 Å². The molecule has 2 aliphatic rings. The average molecular weight is 420 g/mol. The summed E-state index contributed by atoms with van der Waals surface area (Å²) >= 11 is 0. The van der Waals surface area contributed by atoms with Gasteiger partial charge in [-0.1, -0.05) is 6.07 Å². The first-order chi connectivity index (χ1) is 15.1. The summed E-state index contributed by atoms with van der Waals surface area (Å²) in [4.78, 5) is 8.55. The van der Waals surface area contributed by atoms with Crippen molar-refractivity contribution in [3.8, 4) is 17.0 Å². The van der Waals surface area contributed by atoms with Crippen molar-refractivity contribution in [2.75, 3.05) is 24.2 Å². The first kappa shape index (κ1) is 18.1. The molecule has 1 aliphatic heterocycles. The Bertz CT molecular complexity index is 1350. The van der Waals surface area contributed by atoms with Gasteiger partial charge in [-0.2, -0.15) is 5.10 Å². The van der Waals surface area contributed by atoms with Crippen molar-refractivity contribution >= 4 is 22.5 Å². The van der Waals surface area contributed by atoms with E-state index in [0.717, 1.165) is 11.1 Å². The molecule has 0 saturated carbocycles. The predicted molar refractivity (Wildman–Crippen MR) is 112 cm³/mol. The van der Waals surface area contributed by atoms with Gasteiger partial charge in [0.1, 0.15) is 30.3 Å². The SMILES string of the molecule is Nc1ncnc2c1c(-c1cc(F)c3c(c1)NCCO3)nn2C1Cc2ccc(F)cc2C1. The Balaban J connectivity index is 1.51. The third kappa shape index (κ3) is 2.80. The van der Waals surface area contributed by atoms with E-state index in [4.69, 9.17) is 15.6 Å². The first-order valence-electron chi connectivity index (χ1n) is 10.0. The molecule has 31 heavy (non-hydrogen) atoms. The van der Waals surface area contributed by atoms with Crippen LogP contribution in [0.3, 0.4) is 0 Å². The first-order valence-corrected chi connectivity index (χ1v) is 10.0. The average Bonchev–Trinajstić information content (AvgIpc) is 3.35. The summed E-state index contributed by atoms with van der Waals surface area (Å²) in [6, 6.07) is 7.99. The highest BCUT2D eigenvalue weighted by Crippen LogP contribution is 2.40. The van der Waals surface area contributed by atoms with Gasteiger partial charge >= 0.3 is 0 Å². The molecule has 1 aliphatic carbocycles. The highest BCUT2D eigenvalue weighted by atomic mass is 19.1. The van der Waals surface area contributed by atoms with Crippen molar-refractivity contribution in [1.82, 2.24) is 19.7 Å². The zero-order valence-electron chi connectivity index (χ0n) is 16.4. The molecule has 6 rings (SSSR count). The molecule has 9 heteroatoms. The summed E-state index contributed by atoms with van der Waals surface area (Å²) in [6.45, 7) is 0.998. The molecule has 0 radical (unpaired) electrons. The number of nitrogens with one attached hydrogen (secondary N) is 1. The highest BCUT2D eigenvalue weighted by molar-refractivity contribution is 5.99. The van der Waals surface area contributed by atoms with Crippen molar-refractivity contribution in [3.63, 3.8) is 0 Å². The zero-order valence-corrected chi connectivity index (χ0v) is 16.4. The molecule has 4 aromatic rings. The van der Waals surface area contributed by atoms with E-state index in [1.165, 1.54) is 18.5 Å². The lowest BCUT2D eigenvalue weighted by Crippen LogP contribution is -2.19. The number of rotatable bonds is 2. The van der Waals surface area contributed by atoms with Crippen LogP contribution in [0.15, 0.2) is 36.7 Å². The fourth-order valence-electron chi connectivity index (χ4n) is 4.54. The molecule has 0 fully saturated rings. The van der Waals surface area contributed by atoms with Gasteiger partial charge in [0.2, 0.25) is 0 Å². The normalized spacial score (nSPS) is 17.2. The Kier molecular flexibility index (Phi) is 3.86. The van der Waals surface area contributed by atoms with Crippen LogP contribution in [-0.4, -0.2) is 32.9 Å². The highest BCUT2D eigenvalue weighted by Gasteiger charge is 2.29.